The fourth-order valence-corrected chi connectivity index (χ4v) is 3.42. The van der Waals surface area contributed by atoms with Crippen LogP contribution in [0.15, 0.2) is 54.6 Å². The molecule has 0 atom stereocenters. The van der Waals surface area contributed by atoms with Gasteiger partial charge in [0, 0.05) is 34.3 Å². The van der Waals surface area contributed by atoms with E-state index in [2.05, 4.69) is 10.6 Å². The van der Waals surface area contributed by atoms with Crippen LogP contribution in [0.1, 0.15) is 28.7 Å². The lowest BCUT2D eigenvalue weighted by Crippen LogP contribution is -2.28. The molecule has 0 aliphatic heterocycles. The minimum atomic E-state index is -0.202. The van der Waals surface area contributed by atoms with Gasteiger partial charge in [0.05, 0.1) is 5.56 Å². The lowest BCUT2D eigenvalue weighted by atomic mass is 10.2. The maximum Gasteiger partial charge on any atom is 0.257 e. The minimum absolute atomic E-state index is 0.0466. The second-order valence-electron chi connectivity index (χ2n) is 6.82. The van der Waals surface area contributed by atoms with Crippen LogP contribution in [-0.4, -0.2) is 29.5 Å². The van der Waals surface area contributed by atoms with E-state index in [4.69, 9.17) is 16.3 Å². The predicted octanol–water partition coefficient (Wildman–Crippen LogP) is 4.51. The fraction of sp³-hybridized carbons (Fsp3) is 0.217. The summed E-state index contributed by atoms with van der Waals surface area (Å²) in [4.78, 5) is 24.3. The van der Waals surface area contributed by atoms with E-state index in [9.17, 15) is 9.59 Å². The topological polar surface area (TPSA) is 72.4 Å². The number of anilines is 1. The van der Waals surface area contributed by atoms with Crippen LogP contribution in [0, 0.1) is 13.8 Å². The SMILES string of the molecule is CCNC(=O)COc1ccc(NC(=O)c2cc(C)n(-c3cccc(Cl)c3)c2C)cc1. The highest BCUT2D eigenvalue weighted by Crippen LogP contribution is 2.24. The Morgan fingerprint density at radius 3 is 2.47 bits per heavy atom. The largest absolute Gasteiger partial charge is 0.484 e. The molecule has 0 radical (unpaired) electrons. The first kappa shape index (κ1) is 21.5. The number of benzene rings is 2. The van der Waals surface area contributed by atoms with Crippen LogP contribution in [0.25, 0.3) is 5.69 Å². The third-order valence-electron chi connectivity index (χ3n) is 4.60. The fourth-order valence-electron chi connectivity index (χ4n) is 3.24. The van der Waals surface area contributed by atoms with Crippen LogP contribution in [0.2, 0.25) is 5.02 Å². The van der Waals surface area contributed by atoms with Crippen molar-refractivity contribution in [1.29, 1.82) is 0 Å². The van der Waals surface area contributed by atoms with Crippen molar-refractivity contribution in [2.24, 2.45) is 0 Å². The highest BCUT2D eigenvalue weighted by Gasteiger charge is 2.17. The first-order valence-electron chi connectivity index (χ1n) is 9.65. The molecule has 0 spiro atoms. The molecule has 1 aromatic heterocycles. The first-order valence-corrected chi connectivity index (χ1v) is 10.0. The van der Waals surface area contributed by atoms with Gasteiger partial charge in [0.2, 0.25) is 0 Å². The molecule has 30 heavy (non-hydrogen) atoms. The summed E-state index contributed by atoms with van der Waals surface area (Å²) in [6, 6.07) is 16.3. The Morgan fingerprint density at radius 1 is 1.07 bits per heavy atom. The van der Waals surface area contributed by atoms with Crippen molar-refractivity contribution in [3.8, 4) is 11.4 Å². The lowest BCUT2D eigenvalue weighted by Gasteiger charge is -2.11. The van der Waals surface area contributed by atoms with Gasteiger partial charge < -0.3 is 19.9 Å². The number of likely N-dealkylation sites (N-methyl/N-ethyl adjacent to an activating group) is 1. The molecule has 156 valence electrons. The Bertz CT molecular complexity index is 1060. The maximum atomic E-state index is 12.8. The van der Waals surface area contributed by atoms with Crippen molar-refractivity contribution in [2.45, 2.75) is 20.8 Å². The van der Waals surface area contributed by atoms with Crippen molar-refractivity contribution < 1.29 is 14.3 Å². The summed E-state index contributed by atoms with van der Waals surface area (Å²) in [6.45, 7) is 6.22. The van der Waals surface area contributed by atoms with E-state index in [-0.39, 0.29) is 18.4 Å². The maximum absolute atomic E-state index is 12.8. The van der Waals surface area contributed by atoms with Gasteiger partial charge in [0.25, 0.3) is 11.8 Å². The van der Waals surface area contributed by atoms with Gasteiger partial charge in [-0.2, -0.15) is 0 Å². The summed E-state index contributed by atoms with van der Waals surface area (Å²) in [5.41, 5.74) is 3.90. The number of nitrogens with one attached hydrogen (secondary N) is 2. The Balaban J connectivity index is 1.71. The van der Waals surface area contributed by atoms with E-state index in [0.29, 0.717) is 28.6 Å². The van der Waals surface area contributed by atoms with E-state index in [1.165, 1.54) is 0 Å². The molecule has 3 aromatic rings. The monoisotopic (exact) mass is 425 g/mol. The van der Waals surface area contributed by atoms with Crippen LogP contribution >= 0.6 is 11.6 Å². The molecule has 7 heteroatoms. The summed E-state index contributed by atoms with van der Waals surface area (Å²) >= 11 is 6.12. The standard InChI is InChI=1S/C23H24ClN3O3/c1-4-25-22(28)14-30-20-10-8-18(9-11-20)26-23(29)21-12-15(2)27(16(21)3)19-7-5-6-17(24)13-19/h5-13H,4,14H2,1-3H3,(H,25,28)(H,26,29). The number of nitrogens with zero attached hydrogens (tertiary/aromatic N) is 1. The van der Waals surface area contributed by atoms with E-state index < -0.39 is 0 Å². The number of amides is 2. The van der Waals surface area contributed by atoms with E-state index in [0.717, 1.165) is 17.1 Å². The molecular formula is C23H24ClN3O3. The van der Waals surface area contributed by atoms with Crippen LogP contribution in [0.3, 0.4) is 0 Å². The quantitative estimate of drug-likeness (QED) is 0.584. The number of hydrogen-bond acceptors (Lipinski definition) is 3. The normalized spacial score (nSPS) is 10.5. The molecule has 2 amide bonds. The smallest absolute Gasteiger partial charge is 0.257 e. The minimum Gasteiger partial charge on any atom is -0.484 e. The summed E-state index contributed by atoms with van der Waals surface area (Å²) < 4.78 is 7.42. The molecule has 1 heterocycles. The summed E-state index contributed by atoms with van der Waals surface area (Å²) in [5, 5.41) is 6.21. The van der Waals surface area contributed by atoms with Gasteiger partial charge in [-0.15, -0.1) is 0 Å². The Morgan fingerprint density at radius 2 is 1.80 bits per heavy atom. The van der Waals surface area contributed by atoms with Crippen LogP contribution < -0.4 is 15.4 Å². The molecule has 6 nitrogen and oxygen atoms in total. The molecule has 0 aliphatic carbocycles. The number of carbonyl (C=O) groups excluding carboxylic acids is 2. The second-order valence-corrected chi connectivity index (χ2v) is 7.26. The summed E-state index contributed by atoms with van der Waals surface area (Å²) in [7, 11) is 0. The van der Waals surface area contributed by atoms with Crippen molar-refractivity contribution >= 4 is 29.1 Å². The first-order chi connectivity index (χ1) is 14.4. The average molecular weight is 426 g/mol. The van der Waals surface area contributed by atoms with Crippen molar-refractivity contribution in [2.75, 3.05) is 18.5 Å². The summed E-state index contributed by atoms with van der Waals surface area (Å²) in [5.74, 6) is 0.177. The number of aromatic nitrogens is 1. The molecular weight excluding hydrogens is 402 g/mol. The predicted molar refractivity (Wildman–Crippen MR) is 119 cm³/mol. The number of aryl methyl sites for hydroxylation is 1. The van der Waals surface area contributed by atoms with Gasteiger partial charge in [-0.3, -0.25) is 9.59 Å². The number of hydrogen-bond donors (Lipinski definition) is 2. The van der Waals surface area contributed by atoms with Crippen LogP contribution in [-0.2, 0) is 4.79 Å². The third-order valence-corrected chi connectivity index (χ3v) is 4.83. The number of ether oxygens (including phenoxy) is 1. The molecule has 0 unspecified atom stereocenters. The molecule has 0 aliphatic rings. The zero-order valence-electron chi connectivity index (χ0n) is 17.2. The Kier molecular flexibility index (Phi) is 6.79. The molecule has 0 saturated heterocycles. The van der Waals surface area contributed by atoms with Gasteiger partial charge in [-0.05, 0) is 69.3 Å². The van der Waals surface area contributed by atoms with E-state index >= 15 is 0 Å². The van der Waals surface area contributed by atoms with Gasteiger partial charge in [0.1, 0.15) is 5.75 Å². The molecule has 3 rings (SSSR count). The number of rotatable bonds is 7. The number of carbonyl (C=O) groups is 2. The van der Waals surface area contributed by atoms with Gasteiger partial charge >= 0.3 is 0 Å². The van der Waals surface area contributed by atoms with Crippen LogP contribution in [0.5, 0.6) is 5.75 Å². The second kappa shape index (κ2) is 9.50. The van der Waals surface area contributed by atoms with Gasteiger partial charge in [-0.25, -0.2) is 0 Å². The third kappa shape index (κ3) is 5.02. The zero-order valence-corrected chi connectivity index (χ0v) is 17.9. The molecule has 2 N–H and O–H groups in total. The highest BCUT2D eigenvalue weighted by atomic mass is 35.5. The Labute approximate surface area is 180 Å². The molecule has 0 bridgehead atoms. The highest BCUT2D eigenvalue weighted by molar-refractivity contribution is 6.30. The Hall–Kier alpha value is -3.25. The van der Waals surface area contributed by atoms with E-state index in [1.807, 2.05) is 55.7 Å². The van der Waals surface area contributed by atoms with Crippen molar-refractivity contribution in [1.82, 2.24) is 9.88 Å². The lowest BCUT2D eigenvalue weighted by molar-refractivity contribution is -0.122. The molecule has 0 fully saturated rings. The average Bonchev–Trinajstić information content (AvgIpc) is 3.02. The van der Waals surface area contributed by atoms with Crippen LogP contribution in [0.4, 0.5) is 5.69 Å². The number of halogens is 1. The molecule has 0 saturated carbocycles. The van der Waals surface area contributed by atoms with Gasteiger partial charge in [0.15, 0.2) is 6.61 Å². The zero-order chi connectivity index (χ0) is 21.7. The van der Waals surface area contributed by atoms with Gasteiger partial charge in [-0.1, -0.05) is 17.7 Å². The van der Waals surface area contributed by atoms with Crippen molar-refractivity contribution in [3.63, 3.8) is 0 Å². The molecule has 2 aromatic carbocycles. The summed E-state index contributed by atoms with van der Waals surface area (Å²) in [6.07, 6.45) is 0. The van der Waals surface area contributed by atoms with E-state index in [1.54, 1.807) is 24.3 Å². The van der Waals surface area contributed by atoms with Crippen molar-refractivity contribution in [3.05, 3.63) is 76.6 Å².